The molecule has 0 aliphatic carbocycles. The number of rotatable bonds is 2. The minimum atomic E-state index is -0.501. The van der Waals surface area contributed by atoms with E-state index in [0.717, 1.165) is 0 Å². The van der Waals surface area contributed by atoms with E-state index in [2.05, 4.69) is 11.9 Å². The lowest BCUT2D eigenvalue weighted by molar-refractivity contribution is -0.143. The number of cyclic esters (lactones) is 1. The SMILES string of the molecule is C=C(C)C(=O)NC1CC(C)OC1=O. The second-order valence-corrected chi connectivity index (χ2v) is 3.29. The fourth-order valence-corrected chi connectivity index (χ4v) is 1.16. The molecular formula is C9H13NO3. The summed E-state index contributed by atoms with van der Waals surface area (Å²) in [5.74, 6) is -0.654. The number of carbonyl (C=O) groups is 2. The van der Waals surface area contributed by atoms with E-state index >= 15 is 0 Å². The number of hydrogen-bond donors (Lipinski definition) is 1. The van der Waals surface area contributed by atoms with Gasteiger partial charge in [-0.2, -0.15) is 0 Å². The van der Waals surface area contributed by atoms with Crippen LogP contribution in [-0.4, -0.2) is 24.0 Å². The van der Waals surface area contributed by atoms with Gasteiger partial charge in [-0.3, -0.25) is 4.79 Å². The summed E-state index contributed by atoms with van der Waals surface area (Å²) in [6.45, 7) is 6.87. The second-order valence-electron chi connectivity index (χ2n) is 3.29. The number of nitrogens with one attached hydrogen (secondary N) is 1. The molecule has 0 aromatic heterocycles. The molecular weight excluding hydrogens is 170 g/mol. The molecule has 4 heteroatoms. The van der Waals surface area contributed by atoms with Gasteiger partial charge in [0.2, 0.25) is 5.91 Å². The summed E-state index contributed by atoms with van der Waals surface area (Å²) in [6.07, 6.45) is 0.431. The lowest BCUT2D eigenvalue weighted by atomic mass is 10.2. The first-order valence-corrected chi connectivity index (χ1v) is 4.17. The largest absolute Gasteiger partial charge is 0.461 e. The highest BCUT2D eigenvalue weighted by molar-refractivity contribution is 5.95. The van der Waals surface area contributed by atoms with Crippen molar-refractivity contribution in [2.45, 2.75) is 32.4 Å². The summed E-state index contributed by atoms with van der Waals surface area (Å²) < 4.78 is 4.87. The van der Waals surface area contributed by atoms with Gasteiger partial charge in [0.05, 0.1) is 0 Å². The fraction of sp³-hybridized carbons (Fsp3) is 0.556. The molecule has 1 aliphatic heterocycles. The van der Waals surface area contributed by atoms with Crippen molar-refractivity contribution in [3.8, 4) is 0 Å². The van der Waals surface area contributed by atoms with Crippen LogP contribution >= 0.6 is 0 Å². The number of esters is 1. The summed E-state index contributed by atoms with van der Waals surface area (Å²) in [5, 5.41) is 2.55. The van der Waals surface area contributed by atoms with E-state index in [4.69, 9.17) is 4.74 Å². The number of amides is 1. The summed E-state index contributed by atoms with van der Waals surface area (Å²) in [7, 11) is 0. The molecule has 2 atom stereocenters. The Morgan fingerprint density at radius 3 is 2.69 bits per heavy atom. The van der Waals surface area contributed by atoms with E-state index in [1.165, 1.54) is 0 Å². The number of carbonyl (C=O) groups excluding carboxylic acids is 2. The first-order valence-electron chi connectivity index (χ1n) is 4.17. The zero-order valence-electron chi connectivity index (χ0n) is 7.79. The average molecular weight is 183 g/mol. The molecule has 0 aromatic carbocycles. The highest BCUT2D eigenvalue weighted by Crippen LogP contribution is 2.14. The quantitative estimate of drug-likeness (QED) is 0.497. The van der Waals surface area contributed by atoms with E-state index in [0.29, 0.717) is 12.0 Å². The normalized spacial score (nSPS) is 26.8. The van der Waals surface area contributed by atoms with Gasteiger partial charge in [-0.05, 0) is 13.8 Å². The third kappa shape index (κ3) is 2.31. The molecule has 1 saturated heterocycles. The maximum absolute atomic E-state index is 11.1. The maximum Gasteiger partial charge on any atom is 0.329 e. The van der Waals surface area contributed by atoms with Gasteiger partial charge in [-0.15, -0.1) is 0 Å². The zero-order valence-corrected chi connectivity index (χ0v) is 7.79. The van der Waals surface area contributed by atoms with Crippen molar-refractivity contribution in [2.75, 3.05) is 0 Å². The molecule has 2 unspecified atom stereocenters. The van der Waals surface area contributed by atoms with Gasteiger partial charge in [0, 0.05) is 12.0 Å². The molecule has 13 heavy (non-hydrogen) atoms. The third-order valence-corrected chi connectivity index (χ3v) is 1.86. The van der Waals surface area contributed by atoms with Crippen molar-refractivity contribution in [1.29, 1.82) is 0 Å². The van der Waals surface area contributed by atoms with Gasteiger partial charge in [-0.1, -0.05) is 6.58 Å². The van der Waals surface area contributed by atoms with Gasteiger partial charge >= 0.3 is 5.97 Å². The van der Waals surface area contributed by atoms with Crippen molar-refractivity contribution in [3.05, 3.63) is 12.2 Å². The summed E-state index contributed by atoms with van der Waals surface area (Å²) in [5.41, 5.74) is 0.396. The Morgan fingerprint density at radius 2 is 2.31 bits per heavy atom. The highest BCUT2D eigenvalue weighted by Gasteiger charge is 2.32. The lowest BCUT2D eigenvalue weighted by Crippen LogP contribution is -2.38. The van der Waals surface area contributed by atoms with E-state index in [1.807, 2.05) is 0 Å². The molecule has 1 fully saturated rings. The Hall–Kier alpha value is -1.32. The molecule has 0 spiro atoms. The Morgan fingerprint density at radius 1 is 1.69 bits per heavy atom. The minimum Gasteiger partial charge on any atom is -0.461 e. The molecule has 72 valence electrons. The lowest BCUT2D eigenvalue weighted by Gasteiger charge is -2.07. The van der Waals surface area contributed by atoms with Crippen LogP contribution in [0, 0.1) is 0 Å². The third-order valence-electron chi connectivity index (χ3n) is 1.86. The Balaban J connectivity index is 2.51. The molecule has 4 nitrogen and oxygen atoms in total. The number of hydrogen-bond acceptors (Lipinski definition) is 3. The van der Waals surface area contributed by atoms with Crippen LogP contribution < -0.4 is 5.32 Å². The van der Waals surface area contributed by atoms with E-state index in [1.54, 1.807) is 13.8 Å². The predicted octanol–water partition coefficient (Wildman–Crippen LogP) is 0.383. The molecule has 1 heterocycles. The van der Waals surface area contributed by atoms with Crippen molar-refractivity contribution in [1.82, 2.24) is 5.32 Å². The van der Waals surface area contributed by atoms with Gasteiger partial charge in [-0.25, -0.2) is 4.79 Å². The summed E-state index contributed by atoms with van der Waals surface area (Å²) >= 11 is 0. The Labute approximate surface area is 76.9 Å². The van der Waals surface area contributed by atoms with E-state index < -0.39 is 6.04 Å². The van der Waals surface area contributed by atoms with Crippen LogP contribution in [0.4, 0.5) is 0 Å². The van der Waals surface area contributed by atoms with Crippen molar-refractivity contribution in [3.63, 3.8) is 0 Å². The average Bonchev–Trinajstić information content (AvgIpc) is 2.30. The first-order chi connectivity index (χ1) is 6.00. The highest BCUT2D eigenvalue weighted by atomic mass is 16.6. The molecule has 0 radical (unpaired) electrons. The van der Waals surface area contributed by atoms with Crippen LogP contribution in [-0.2, 0) is 14.3 Å². The van der Waals surface area contributed by atoms with E-state index in [-0.39, 0.29) is 18.0 Å². The fourth-order valence-electron chi connectivity index (χ4n) is 1.16. The Kier molecular flexibility index (Phi) is 2.70. The molecule has 1 aliphatic rings. The molecule has 1 N–H and O–H groups in total. The van der Waals surface area contributed by atoms with Crippen LogP contribution in [0.2, 0.25) is 0 Å². The van der Waals surface area contributed by atoms with E-state index in [9.17, 15) is 9.59 Å². The van der Waals surface area contributed by atoms with Crippen LogP contribution in [0.1, 0.15) is 20.3 Å². The topological polar surface area (TPSA) is 55.4 Å². The first kappa shape index (κ1) is 9.77. The van der Waals surface area contributed by atoms with Gasteiger partial charge in [0.15, 0.2) is 0 Å². The van der Waals surface area contributed by atoms with Gasteiger partial charge < -0.3 is 10.1 Å². The maximum atomic E-state index is 11.1. The second kappa shape index (κ2) is 3.60. The minimum absolute atomic E-state index is 0.108. The predicted molar refractivity (Wildman–Crippen MR) is 46.9 cm³/mol. The van der Waals surface area contributed by atoms with Crippen LogP contribution in [0.5, 0.6) is 0 Å². The summed E-state index contributed by atoms with van der Waals surface area (Å²) in [4.78, 5) is 22.2. The van der Waals surface area contributed by atoms with Crippen molar-refractivity contribution in [2.24, 2.45) is 0 Å². The van der Waals surface area contributed by atoms with Crippen LogP contribution in [0.3, 0.4) is 0 Å². The molecule has 0 saturated carbocycles. The van der Waals surface area contributed by atoms with Gasteiger partial charge in [0.1, 0.15) is 12.1 Å². The molecule has 1 rings (SSSR count). The molecule has 0 aromatic rings. The monoisotopic (exact) mass is 183 g/mol. The number of ether oxygens (including phenoxy) is 1. The van der Waals surface area contributed by atoms with Gasteiger partial charge in [0.25, 0.3) is 0 Å². The van der Waals surface area contributed by atoms with Crippen LogP contribution in [0.25, 0.3) is 0 Å². The molecule has 1 amide bonds. The Bertz CT molecular complexity index is 260. The van der Waals surface area contributed by atoms with Crippen molar-refractivity contribution >= 4 is 11.9 Å². The zero-order chi connectivity index (χ0) is 10.0. The summed E-state index contributed by atoms with van der Waals surface area (Å²) in [6, 6.07) is -0.501. The van der Waals surface area contributed by atoms with Crippen LogP contribution in [0.15, 0.2) is 12.2 Å². The molecule has 0 bridgehead atoms. The smallest absolute Gasteiger partial charge is 0.329 e. The standard InChI is InChI=1S/C9H13NO3/c1-5(2)8(11)10-7-4-6(3)13-9(7)12/h6-7H,1,4H2,2-3H3,(H,10,11). The van der Waals surface area contributed by atoms with Crippen molar-refractivity contribution < 1.29 is 14.3 Å².